The lowest BCUT2D eigenvalue weighted by Gasteiger charge is -2.10. The van der Waals surface area contributed by atoms with Gasteiger partial charge in [-0.2, -0.15) is 0 Å². The Morgan fingerprint density at radius 1 is 0.885 bits per heavy atom. The highest BCUT2D eigenvalue weighted by molar-refractivity contribution is 5.75. The van der Waals surface area contributed by atoms with Gasteiger partial charge in [-0.25, -0.2) is 0 Å². The van der Waals surface area contributed by atoms with Crippen LogP contribution in [0, 0.1) is 13.8 Å². The summed E-state index contributed by atoms with van der Waals surface area (Å²) in [5, 5.41) is 2.86. The highest BCUT2D eigenvalue weighted by Gasteiger charge is 2.02. The van der Waals surface area contributed by atoms with Gasteiger partial charge in [-0.3, -0.25) is 4.79 Å². The van der Waals surface area contributed by atoms with Crippen molar-refractivity contribution in [1.82, 2.24) is 5.32 Å². The van der Waals surface area contributed by atoms with Crippen molar-refractivity contribution in [3.05, 3.63) is 53.6 Å². The molecule has 0 saturated carbocycles. The quantitative estimate of drug-likeness (QED) is 0.659. The third-order valence-corrected chi connectivity index (χ3v) is 3.76. The van der Waals surface area contributed by atoms with Crippen molar-refractivity contribution in [2.45, 2.75) is 26.7 Å². The molecule has 2 aromatic carbocycles. The van der Waals surface area contributed by atoms with E-state index in [9.17, 15) is 4.79 Å². The summed E-state index contributed by atoms with van der Waals surface area (Å²) in [6.07, 6.45) is 1.09. The molecule has 140 valence electrons. The second-order valence-electron chi connectivity index (χ2n) is 6.15. The predicted octanol–water partition coefficient (Wildman–Crippen LogP) is 3.67. The number of benzene rings is 2. The predicted molar refractivity (Wildman–Crippen MR) is 102 cm³/mol. The fourth-order valence-electron chi connectivity index (χ4n) is 2.56. The van der Waals surface area contributed by atoms with Crippen LogP contribution >= 0.6 is 0 Å². The molecule has 5 heteroatoms. The number of amides is 1. The van der Waals surface area contributed by atoms with Crippen LogP contribution in [0.5, 0.6) is 17.2 Å². The first-order valence-corrected chi connectivity index (χ1v) is 8.81. The summed E-state index contributed by atoms with van der Waals surface area (Å²) in [6, 6.07) is 13.5. The number of methoxy groups -OCH3 is 1. The highest BCUT2D eigenvalue weighted by Crippen LogP contribution is 2.17. The van der Waals surface area contributed by atoms with Crippen LogP contribution in [0.4, 0.5) is 0 Å². The first kappa shape index (κ1) is 19.6. The average molecular weight is 357 g/mol. The van der Waals surface area contributed by atoms with Crippen LogP contribution in [0.25, 0.3) is 0 Å². The molecule has 26 heavy (non-hydrogen) atoms. The molecule has 0 radical (unpaired) electrons. The van der Waals surface area contributed by atoms with Gasteiger partial charge in [-0.1, -0.05) is 6.07 Å². The molecule has 0 spiro atoms. The monoisotopic (exact) mass is 357 g/mol. The van der Waals surface area contributed by atoms with Crippen LogP contribution < -0.4 is 19.5 Å². The van der Waals surface area contributed by atoms with Crippen LogP contribution in [0.15, 0.2) is 42.5 Å². The third-order valence-electron chi connectivity index (χ3n) is 3.76. The maximum atomic E-state index is 11.8. The van der Waals surface area contributed by atoms with E-state index in [4.69, 9.17) is 14.2 Å². The number of rotatable bonds is 10. The molecule has 0 saturated heterocycles. The molecule has 5 nitrogen and oxygen atoms in total. The topological polar surface area (TPSA) is 56.8 Å². The Kier molecular flexibility index (Phi) is 7.80. The summed E-state index contributed by atoms with van der Waals surface area (Å²) in [7, 11) is 1.63. The van der Waals surface area contributed by atoms with Gasteiger partial charge in [0.2, 0.25) is 5.91 Å². The van der Waals surface area contributed by atoms with Gasteiger partial charge in [0.25, 0.3) is 0 Å². The summed E-state index contributed by atoms with van der Waals surface area (Å²) < 4.78 is 16.4. The van der Waals surface area contributed by atoms with Crippen LogP contribution in [-0.4, -0.2) is 32.8 Å². The van der Waals surface area contributed by atoms with E-state index in [-0.39, 0.29) is 5.91 Å². The molecule has 0 aliphatic rings. The number of carbonyl (C=O) groups excluding carboxylic acids is 1. The lowest BCUT2D eigenvalue weighted by Crippen LogP contribution is -2.28. The lowest BCUT2D eigenvalue weighted by molar-refractivity contribution is -0.121. The van der Waals surface area contributed by atoms with Crippen molar-refractivity contribution in [3.63, 3.8) is 0 Å². The van der Waals surface area contributed by atoms with Crippen LogP contribution in [-0.2, 0) is 4.79 Å². The largest absolute Gasteiger partial charge is 0.497 e. The van der Waals surface area contributed by atoms with Gasteiger partial charge in [0.05, 0.1) is 20.3 Å². The van der Waals surface area contributed by atoms with Gasteiger partial charge >= 0.3 is 0 Å². The molecule has 0 atom stereocenters. The average Bonchev–Trinajstić information content (AvgIpc) is 2.62. The minimum absolute atomic E-state index is 0.00681. The van der Waals surface area contributed by atoms with Gasteiger partial charge in [-0.05, 0) is 67.8 Å². The normalized spacial score (nSPS) is 10.3. The summed E-state index contributed by atoms with van der Waals surface area (Å²) in [6.45, 7) is 5.52. The van der Waals surface area contributed by atoms with E-state index in [1.807, 2.05) is 50.2 Å². The molecule has 1 N–H and O–H groups in total. The van der Waals surface area contributed by atoms with E-state index >= 15 is 0 Å². The maximum absolute atomic E-state index is 11.8. The fraction of sp³-hybridized carbons (Fsp3) is 0.381. The number of aryl methyl sites for hydroxylation is 2. The van der Waals surface area contributed by atoms with Gasteiger partial charge in [0.1, 0.15) is 23.9 Å². The second kappa shape index (κ2) is 10.3. The zero-order chi connectivity index (χ0) is 18.8. The number of ether oxygens (including phenoxy) is 3. The smallest absolute Gasteiger partial charge is 0.220 e. The molecule has 0 heterocycles. The van der Waals surface area contributed by atoms with Crippen LogP contribution in [0.2, 0.25) is 0 Å². The molecule has 2 rings (SSSR count). The van der Waals surface area contributed by atoms with E-state index in [0.29, 0.717) is 32.6 Å². The van der Waals surface area contributed by atoms with Gasteiger partial charge in [-0.15, -0.1) is 0 Å². The zero-order valence-corrected chi connectivity index (χ0v) is 15.7. The lowest BCUT2D eigenvalue weighted by atomic mass is 10.1. The Balaban J connectivity index is 1.55. The molecular weight excluding hydrogens is 330 g/mol. The van der Waals surface area contributed by atoms with E-state index < -0.39 is 0 Å². The van der Waals surface area contributed by atoms with Crippen molar-refractivity contribution in [2.24, 2.45) is 0 Å². The molecule has 1 amide bonds. The summed E-state index contributed by atoms with van der Waals surface area (Å²) >= 11 is 0. The highest BCUT2D eigenvalue weighted by atomic mass is 16.5. The Labute approximate surface area is 155 Å². The fourth-order valence-corrected chi connectivity index (χ4v) is 2.56. The minimum atomic E-state index is 0.00681. The van der Waals surface area contributed by atoms with E-state index in [0.717, 1.165) is 17.2 Å². The van der Waals surface area contributed by atoms with E-state index in [2.05, 4.69) is 11.4 Å². The van der Waals surface area contributed by atoms with Gasteiger partial charge in [0, 0.05) is 6.42 Å². The van der Waals surface area contributed by atoms with Crippen molar-refractivity contribution in [3.8, 4) is 17.2 Å². The van der Waals surface area contributed by atoms with E-state index in [1.165, 1.54) is 11.1 Å². The molecule has 0 unspecified atom stereocenters. The van der Waals surface area contributed by atoms with Crippen molar-refractivity contribution < 1.29 is 19.0 Å². The molecule has 0 fully saturated rings. The molecule has 0 aromatic heterocycles. The number of carbonyl (C=O) groups is 1. The number of hydrogen-bond donors (Lipinski definition) is 1. The standard InChI is InChI=1S/C21H27NO4/c1-16-13-17(2)15-20(14-16)26-12-10-22-21(23)5-4-11-25-19-8-6-18(24-3)7-9-19/h6-9,13-15H,4-5,10-12H2,1-3H3,(H,22,23). The summed E-state index contributed by atoms with van der Waals surface area (Å²) in [5.41, 5.74) is 2.33. The number of nitrogens with one attached hydrogen (secondary N) is 1. The molecule has 0 bridgehead atoms. The summed E-state index contributed by atoms with van der Waals surface area (Å²) in [5.74, 6) is 2.41. The van der Waals surface area contributed by atoms with Crippen molar-refractivity contribution in [2.75, 3.05) is 26.9 Å². The van der Waals surface area contributed by atoms with Crippen LogP contribution in [0.1, 0.15) is 24.0 Å². The van der Waals surface area contributed by atoms with E-state index in [1.54, 1.807) is 7.11 Å². The zero-order valence-electron chi connectivity index (χ0n) is 15.7. The van der Waals surface area contributed by atoms with Gasteiger partial charge in [0.15, 0.2) is 0 Å². The molecule has 0 aliphatic heterocycles. The van der Waals surface area contributed by atoms with Crippen LogP contribution in [0.3, 0.4) is 0 Å². The first-order valence-electron chi connectivity index (χ1n) is 8.81. The third kappa shape index (κ3) is 7.05. The number of hydrogen-bond acceptors (Lipinski definition) is 4. The molecule has 2 aromatic rings. The maximum Gasteiger partial charge on any atom is 0.220 e. The Morgan fingerprint density at radius 3 is 2.15 bits per heavy atom. The Bertz CT molecular complexity index is 677. The van der Waals surface area contributed by atoms with Crippen molar-refractivity contribution >= 4 is 5.91 Å². The second-order valence-corrected chi connectivity index (χ2v) is 6.15. The van der Waals surface area contributed by atoms with Gasteiger partial charge < -0.3 is 19.5 Å². The first-order chi connectivity index (χ1) is 12.6. The van der Waals surface area contributed by atoms with Crippen molar-refractivity contribution in [1.29, 1.82) is 0 Å². The Morgan fingerprint density at radius 2 is 1.50 bits per heavy atom. The molecule has 0 aliphatic carbocycles. The minimum Gasteiger partial charge on any atom is -0.497 e. The summed E-state index contributed by atoms with van der Waals surface area (Å²) in [4.78, 5) is 11.8. The Hall–Kier alpha value is -2.69. The SMILES string of the molecule is COc1ccc(OCCCC(=O)NCCOc2cc(C)cc(C)c2)cc1. The molecular formula is C21H27NO4.